The van der Waals surface area contributed by atoms with Crippen LogP contribution in [0.15, 0.2) is 18.2 Å². The lowest BCUT2D eigenvalue weighted by Gasteiger charge is -2.21. The molecule has 0 saturated heterocycles. The normalized spacial score (nSPS) is 17.1. The van der Waals surface area contributed by atoms with Gasteiger partial charge in [-0.1, -0.05) is 6.07 Å². The van der Waals surface area contributed by atoms with E-state index in [-0.39, 0.29) is 16.2 Å². The van der Waals surface area contributed by atoms with Crippen LogP contribution in [-0.4, -0.2) is 24.9 Å². The predicted octanol–water partition coefficient (Wildman–Crippen LogP) is 0.820. The minimum atomic E-state index is -0.473. The lowest BCUT2D eigenvalue weighted by Crippen LogP contribution is -2.50. The number of amides is 1. The second-order valence-electron chi connectivity index (χ2n) is 3.82. The van der Waals surface area contributed by atoms with E-state index in [4.69, 9.17) is 0 Å². The maximum Gasteiger partial charge on any atom is 0.332 e. The third kappa shape index (κ3) is 1.26. The summed E-state index contributed by atoms with van der Waals surface area (Å²) < 4.78 is 0.00528. The van der Waals surface area contributed by atoms with Crippen molar-refractivity contribution in [2.45, 2.75) is 0 Å². The number of nitro groups is 1. The van der Waals surface area contributed by atoms with Crippen molar-refractivity contribution in [1.82, 2.24) is 10.0 Å². The molecule has 0 radical (unpaired) electrons. The summed E-state index contributed by atoms with van der Waals surface area (Å²) in [5, 5.41) is 10.8. The van der Waals surface area contributed by atoms with E-state index < -0.39 is 4.92 Å². The van der Waals surface area contributed by atoms with Crippen molar-refractivity contribution < 1.29 is 9.72 Å². The Labute approximate surface area is 85.8 Å². The summed E-state index contributed by atoms with van der Waals surface area (Å²) in [5.74, 6) is -0.279. The summed E-state index contributed by atoms with van der Waals surface area (Å²) in [5.41, 5.74) is 3.40. The van der Waals surface area contributed by atoms with Gasteiger partial charge in [0.15, 0.2) is 0 Å². The molecule has 15 heavy (non-hydrogen) atoms. The Morgan fingerprint density at radius 2 is 2.07 bits per heavy atom. The largest absolute Gasteiger partial charge is 0.332 e. The van der Waals surface area contributed by atoms with Crippen molar-refractivity contribution in [3.05, 3.63) is 33.9 Å². The van der Waals surface area contributed by atoms with E-state index in [1.165, 1.54) is 12.1 Å². The number of nitrogens with one attached hydrogen (secondary N) is 1. The number of carbonyl (C=O) groups excluding carboxylic acids is 1. The fourth-order valence-corrected chi connectivity index (χ4v) is 1.82. The van der Waals surface area contributed by atoms with E-state index in [9.17, 15) is 14.9 Å². The average Bonchev–Trinajstić information content (AvgIpc) is 2.37. The Hall–Kier alpha value is -1.95. The van der Waals surface area contributed by atoms with E-state index in [1.54, 1.807) is 20.2 Å². The molecule has 1 N–H and O–H groups in total. The number of benzene rings is 1. The zero-order valence-electron chi connectivity index (χ0n) is 8.35. The molecule has 2 rings (SSSR count). The van der Waals surface area contributed by atoms with E-state index >= 15 is 0 Å². The minimum Gasteiger partial charge on any atom is -0.264 e. The molecule has 0 fully saturated rings. The number of nitro benzene ring substituents is 1. The smallest absolute Gasteiger partial charge is 0.264 e. The van der Waals surface area contributed by atoms with Gasteiger partial charge in [0.2, 0.25) is 5.69 Å². The van der Waals surface area contributed by atoms with Crippen LogP contribution < -0.4 is 10.0 Å². The van der Waals surface area contributed by atoms with Crippen molar-refractivity contribution in [2.24, 2.45) is 0 Å². The highest BCUT2D eigenvalue weighted by atomic mass is 16.6. The van der Waals surface area contributed by atoms with Crippen LogP contribution in [0.2, 0.25) is 0 Å². The quantitative estimate of drug-likeness (QED) is 0.422. The highest BCUT2D eigenvalue weighted by molar-refractivity contribution is 6.05. The van der Waals surface area contributed by atoms with Gasteiger partial charge in [0, 0.05) is 6.07 Å². The number of hydrogen-bond acceptors (Lipinski definition) is 3. The molecule has 1 heterocycles. The molecule has 6 heteroatoms. The van der Waals surface area contributed by atoms with Crippen LogP contribution >= 0.6 is 0 Å². The van der Waals surface area contributed by atoms with Crippen LogP contribution in [0.1, 0.15) is 10.4 Å². The van der Waals surface area contributed by atoms with Gasteiger partial charge in [0.25, 0.3) is 0 Å². The molecule has 6 nitrogen and oxygen atoms in total. The first-order valence-corrected chi connectivity index (χ1v) is 4.38. The molecule has 78 valence electrons. The van der Waals surface area contributed by atoms with Crippen molar-refractivity contribution in [1.29, 1.82) is 0 Å². The molecule has 0 saturated carbocycles. The maximum absolute atomic E-state index is 11.5. The Balaban J connectivity index is 2.75. The zero-order chi connectivity index (χ0) is 11.2. The topological polar surface area (TPSA) is 72.2 Å². The maximum atomic E-state index is 11.5. The number of carbonyl (C=O) groups is 1. The molecule has 1 amide bonds. The highest BCUT2D eigenvalue weighted by Crippen LogP contribution is 2.37. The van der Waals surface area contributed by atoms with Crippen molar-refractivity contribution in [3.8, 4) is 0 Å². The summed E-state index contributed by atoms with van der Waals surface area (Å²) in [6.45, 7) is 0. The molecule has 1 aliphatic heterocycles. The third-order valence-corrected chi connectivity index (χ3v) is 2.40. The highest BCUT2D eigenvalue weighted by Gasteiger charge is 2.43. The van der Waals surface area contributed by atoms with Gasteiger partial charge in [-0.25, -0.2) is 0 Å². The van der Waals surface area contributed by atoms with Crippen LogP contribution in [0.3, 0.4) is 0 Å². The van der Waals surface area contributed by atoms with Crippen LogP contribution in [-0.2, 0) is 0 Å². The summed E-state index contributed by atoms with van der Waals surface area (Å²) in [7, 11) is 3.38. The van der Waals surface area contributed by atoms with E-state index in [0.717, 1.165) is 0 Å². The number of hydrogen-bond donors (Lipinski definition) is 1. The number of nitrogens with zero attached hydrogens (tertiary/aromatic N) is 2. The van der Waals surface area contributed by atoms with Gasteiger partial charge in [-0.15, -0.1) is 0 Å². The van der Waals surface area contributed by atoms with Crippen LogP contribution in [0.5, 0.6) is 0 Å². The summed E-state index contributed by atoms with van der Waals surface area (Å²) in [6.07, 6.45) is 0. The van der Waals surface area contributed by atoms with Gasteiger partial charge in [-0.3, -0.25) is 14.9 Å². The fourth-order valence-electron chi connectivity index (χ4n) is 1.82. The number of quaternary nitrogens is 1. The first-order valence-electron chi connectivity index (χ1n) is 4.38. The van der Waals surface area contributed by atoms with Gasteiger partial charge in [-0.05, 0) is 6.07 Å². The summed E-state index contributed by atoms with van der Waals surface area (Å²) in [4.78, 5) is 21.8. The van der Waals surface area contributed by atoms with E-state index in [2.05, 4.69) is 5.43 Å². The number of para-hydroxylation sites is 1. The first kappa shape index (κ1) is 9.60. The molecule has 0 atom stereocenters. The molecule has 1 aromatic carbocycles. The van der Waals surface area contributed by atoms with Crippen molar-refractivity contribution >= 4 is 17.3 Å². The average molecular weight is 208 g/mol. The third-order valence-electron chi connectivity index (χ3n) is 2.40. The lowest BCUT2D eigenvalue weighted by atomic mass is 10.1. The fraction of sp³-hybridized carbons (Fsp3) is 0.222. The zero-order valence-corrected chi connectivity index (χ0v) is 8.35. The number of rotatable bonds is 1. The van der Waals surface area contributed by atoms with Crippen molar-refractivity contribution in [3.63, 3.8) is 0 Å². The summed E-state index contributed by atoms with van der Waals surface area (Å²) >= 11 is 0. The Bertz CT molecular complexity index is 468. The van der Waals surface area contributed by atoms with Crippen molar-refractivity contribution in [2.75, 3.05) is 14.1 Å². The Kier molecular flexibility index (Phi) is 1.77. The molecular weight excluding hydrogens is 198 g/mol. The van der Waals surface area contributed by atoms with Gasteiger partial charge in [-0.2, -0.15) is 10.0 Å². The molecule has 0 spiro atoms. The Morgan fingerprint density at radius 3 is 2.67 bits per heavy atom. The summed E-state index contributed by atoms with van der Waals surface area (Å²) in [6, 6.07) is 4.51. The number of fused-ring (bicyclic) bond motifs is 1. The monoisotopic (exact) mass is 208 g/mol. The van der Waals surface area contributed by atoms with E-state index in [1.807, 2.05) is 0 Å². The van der Waals surface area contributed by atoms with Crippen LogP contribution in [0.25, 0.3) is 0 Å². The standard InChI is InChI=1S/C9H9N3O3/c1-12(2)8-6(9(13)10-12)4-3-5-7(8)11(14)15/h3-5H,1-2H3/p+1. The molecular formula is C9H10N3O3+. The van der Waals surface area contributed by atoms with Crippen LogP contribution in [0, 0.1) is 10.1 Å². The Morgan fingerprint density at radius 1 is 1.40 bits per heavy atom. The van der Waals surface area contributed by atoms with E-state index in [0.29, 0.717) is 11.3 Å². The minimum absolute atomic E-state index is 0.00528. The van der Waals surface area contributed by atoms with Gasteiger partial charge in [0.1, 0.15) is 5.56 Å². The van der Waals surface area contributed by atoms with Crippen LogP contribution in [0.4, 0.5) is 11.4 Å². The SMILES string of the molecule is C[N+]1(C)NC(=O)c2cccc([N+](=O)[O-])c21. The van der Waals surface area contributed by atoms with Gasteiger partial charge >= 0.3 is 11.6 Å². The predicted molar refractivity (Wildman–Crippen MR) is 54.2 cm³/mol. The molecule has 1 aliphatic rings. The molecule has 0 unspecified atom stereocenters. The van der Waals surface area contributed by atoms with Gasteiger partial charge < -0.3 is 0 Å². The molecule has 0 bridgehead atoms. The molecule has 0 aliphatic carbocycles. The molecule has 0 aromatic heterocycles. The molecule has 1 aromatic rings. The van der Waals surface area contributed by atoms with Gasteiger partial charge in [0.05, 0.1) is 19.0 Å². The second kappa shape index (κ2) is 2.77. The lowest BCUT2D eigenvalue weighted by molar-refractivity contribution is -0.384. The first-order chi connectivity index (χ1) is 6.93. The second-order valence-corrected chi connectivity index (χ2v) is 3.82.